The first kappa shape index (κ1) is 10.8. The molecule has 0 aromatic carbocycles. The quantitative estimate of drug-likeness (QED) is 0.420. The second-order valence-corrected chi connectivity index (χ2v) is 4.04. The number of sulfonamides is 1. The van der Waals surface area contributed by atoms with Gasteiger partial charge in [-0.15, -0.1) is 0 Å². The van der Waals surface area contributed by atoms with Gasteiger partial charge in [0.05, 0.1) is 12.4 Å². The van der Waals surface area contributed by atoms with Crippen LogP contribution in [0.1, 0.15) is 0 Å². The van der Waals surface area contributed by atoms with Crippen LogP contribution in [-0.2, 0) is 10.0 Å². The van der Waals surface area contributed by atoms with Gasteiger partial charge in [0.15, 0.2) is 0 Å². The maximum Gasteiger partial charge on any atom is 0.212 e. The molecule has 0 unspecified atom stereocenters. The van der Waals surface area contributed by atoms with E-state index in [0.29, 0.717) is 13.1 Å². The summed E-state index contributed by atoms with van der Waals surface area (Å²) in [6, 6.07) is 0. The fourth-order valence-electron chi connectivity index (χ4n) is 0.513. The molecule has 0 atom stereocenters. The smallest absolute Gasteiger partial charge is 0.212 e. The Morgan fingerprint density at radius 3 is 2.45 bits per heavy atom. The summed E-state index contributed by atoms with van der Waals surface area (Å²) in [5.41, 5.74) is 0. The normalized spacial score (nSPS) is 11.8. The van der Waals surface area contributed by atoms with Crippen molar-refractivity contribution in [2.24, 2.45) is 0 Å². The molecule has 0 amide bonds. The van der Waals surface area contributed by atoms with E-state index in [0.717, 1.165) is 0 Å². The van der Waals surface area contributed by atoms with Crippen LogP contribution in [0.5, 0.6) is 0 Å². The third-order valence-corrected chi connectivity index (χ3v) is 2.51. The van der Waals surface area contributed by atoms with Crippen LogP contribution < -0.4 is 10.0 Å². The van der Waals surface area contributed by atoms with Crippen molar-refractivity contribution in [2.45, 2.75) is 0 Å². The van der Waals surface area contributed by atoms with E-state index in [-0.39, 0.29) is 12.4 Å². The van der Waals surface area contributed by atoms with Crippen molar-refractivity contribution in [1.82, 2.24) is 10.0 Å². The zero-order valence-corrected chi connectivity index (χ0v) is 7.32. The maximum atomic E-state index is 10.7. The van der Waals surface area contributed by atoms with Crippen LogP contribution in [0.3, 0.4) is 0 Å². The molecule has 0 radical (unpaired) electrons. The molecule has 0 aromatic heterocycles. The third-order valence-electron chi connectivity index (χ3n) is 1.15. The predicted molar refractivity (Wildman–Crippen MR) is 42.8 cm³/mol. The van der Waals surface area contributed by atoms with E-state index in [2.05, 4.69) is 10.0 Å². The Balaban J connectivity index is 3.39. The summed E-state index contributed by atoms with van der Waals surface area (Å²) in [7, 11) is -1.72. The number of rotatable bonds is 6. The Bertz CT molecular complexity index is 178. The average Bonchev–Trinajstić information content (AvgIpc) is 1.99. The van der Waals surface area contributed by atoms with Crippen molar-refractivity contribution in [1.29, 1.82) is 0 Å². The van der Waals surface area contributed by atoms with Gasteiger partial charge in [-0.25, -0.2) is 13.1 Å². The molecule has 68 valence electrons. The Morgan fingerprint density at radius 1 is 1.36 bits per heavy atom. The average molecular weight is 182 g/mol. The summed E-state index contributed by atoms with van der Waals surface area (Å²) in [6.45, 7) is 0.822. The molecule has 11 heavy (non-hydrogen) atoms. The first-order chi connectivity index (χ1) is 5.12. The first-order valence-corrected chi connectivity index (χ1v) is 5.00. The van der Waals surface area contributed by atoms with E-state index in [9.17, 15) is 8.42 Å². The highest BCUT2D eigenvalue weighted by molar-refractivity contribution is 7.89. The van der Waals surface area contributed by atoms with Gasteiger partial charge in [0.2, 0.25) is 10.0 Å². The molecule has 0 saturated carbocycles. The van der Waals surface area contributed by atoms with E-state index in [1.807, 2.05) is 0 Å². The van der Waals surface area contributed by atoms with E-state index >= 15 is 0 Å². The van der Waals surface area contributed by atoms with Gasteiger partial charge < -0.3 is 10.4 Å². The summed E-state index contributed by atoms with van der Waals surface area (Å²) in [4.78, 5) is 0. The first-order valence-electron chi connectivity index (χ1n) is 3.35. The van der Waals surface area contributed by atoms with Crippen LogP contribution in [0, 0.1) is 0 Å². The molecular formula is C5H14N2O3S. The highest BCUT2D eigenvalue weighted by atomic mass is 32.2. The molecular weight excluding hydrogens is 168 g/mol. The summed E-state index contributed by atoms with van der Waals surface area (Å²) >= 11 is 0. The molecule has 0 spiro atoms. The van der Waals surface area contributed by atoms with Gasteiger partial charge in [-0.1, -0.05) is 0 Å². The van der Waals surface area contributed by atoms with E-state index in [4.69, 9.17) is 5.11 Å². The predicted octanol–water partition coefficient (Wildman–Crippen LogP) is -1.88. The van der Waals surface area contributed by atoms with Crippen LogP contribution >= 0.6 is 0 Å². The monoisotopic (exact) mass is 182 g/mol. The largest absolute Gasteiger partial charge is 0.395 e. The minimum atomic E-state index is -3.09. The summed E-state index contributed by atoms with van der Waals surface area (Å²) < 4.78 is 23.7. The second-order valence-electron chi connectivity index (χ2n) is 2.00. The zero-order chi connectivity index (χ0) is 8.74. The molecule has 0 aliphatic heterocycles. The van der Waals surface area contributed by atoms with Crippen molar-refractivity contribution >= 4 is 10.0 Å². The molecule has 3 N–H and O–H groups in total. The van der Waals surface area contributed by atoms with Gasteiger partial charge in [-0.05, 0) is 7.05 Å². The van der Waals surface area contributed by atoms with Gasteiger partial charge in [0, 0.05) is 13.1 Å². The standard InChI is InChI=1S/C5H14N2O3S/c1-6-11(9,10)5-3-7-2-4-8/h6-8H,2-5H2,1H3. The lowest BCUT2D eigenvalue weighted by molar-refractivity contribution is 0.293. The van der Waals surface area contributed by atoms with Gasteiger partial charge in [0.25, 0.3) is 0 Å². The van der Waals surface area contributed by atoms with Crippen LogP contribution in [-0.4, -0.2) is 46.0 Å². The van der Waals surface area contributed by atoms with Crippen molar-refractivity contribution in [3.63, 3.8) is 0 Å². The van der Waals surface area contributed by atoms with Gasteiger partial charge in [-0.3, -0.25) is 0 Å². The van der Waals surface area contributed by atoms with Crippen LogP contribution in [0.4, 0.5) is 0 Å². The van der Waals surface area contributed by atoms with Crippen LogP contribution in [0.15, 0.2) is 0 Å². The van der Waals surface area contributed by atoms with E-state index < -0.39 is 10.0 Å². The number of aliphatic hydroxyl groups is 1. The lowest BCUT2D eigenvalue weighted by atomic mass is 10.6. The topological polar surface area (TPSA) is 78.4 Å². The Labute approximate surface area is 66.9 Å². The van der Waals surface area contributed by atoms with Crippen LogP contribution in [0.2, 0.25) is 0 Å². The minimum Gasteiger partial charge on any atom is -0.395 e. The molecule has 0 aliphatic carbocycles. The Morgan fingerprint density at radius 2 is 2.00 bits per heavy atom. The molecule has 0 saturated heterocycles. The summed E-state index contributed by atoms with van der Waals surface area (Å²) in [5, 5.41) is 11.1. The zero-order valence-electron chi connectivity index (χ0n) is 6.50. The van der Waals surface area contributed by atoms with Gasteiger partial charge in [0.1, 0.15) is 0 Å². The molecule has 0 aliphatic rings. The molecule has 0 fully saturated rings. The molecule has 0 bridgehead atoms. The number of aliphatic hydroxyl groups excluding tert-OH is 1. The van der Waals surface area contributed by atoms with Crippen molar-refractivity contribution in [3.8, 4) is 0 Å². The summed E-state index contributed by atoms with van der Waals surface area (Å²) in [5.74, 6) is 0.0451. The minimum absolute atomic E-state index is 0.0274. The fraction of sp³-hybridized carbons (Fsp3) is 1.00. The Kier molecular flexibility index (Phi) is 5.39. The highest BCUT2D eigenvalue weighted by Crippen LogP contribution is 1.78. The van der Waals surface area contributed by atoms with Crippen LogP contribution in [0.25, 0.3) is 0 Å². The number of hydrogen-bond acceptors (Lipinski definition) is 4. The lowest BCUT2D eigenvalue weighted by Crippen LogP contribution is -2.30. The van der Waals surface area contributed by atoms with Crippen molar-refractivity contribution in [2.75, 3.05) is 32.5 Å². The molecule has 0 aromatic rings. The molecule has 0 rings (SSSR count). The van der Waals surface area contributed by atoms with Crippen molar-refractivity contribution < 1.29 is 13.5 Å². The van der Waals surface area contributed by atoms with Crippen molar-refractivity contribution in [3.05, 3.63) is 0 Å². The third kappa shape index (κ3) is 6.24. The summed E-state index contributed by atoms with van der Waals surface area (Å²) in [6.07, 6.45) is 0. The molecule has 0 heterocycles. The highest BCUT2D eigenvalue weighted by Gasteiger charge is 2.04. The maximum absolute atomic E-state index is 10.7. The van der Waals surface area contributed by atoms with E-state index in [1.54, 1.807) is 0 Å². The molecule has 5 nitrogen and oxygen atoms in total. The fourth-order valence-corrected chi connectivity index (χ4v) is 1.13. The van der Waals surface area contributed by atoms with Gasteiger partial charge in [-0.2, -0.15) is 0 Å². The SMILES string of the molecule is CNS(=O)(=O)CCNCCO. The van der Waals surface area contributed by atoms with E-state index in [1.165, 1.54) is 7.05 Å². The lowest BCUT2D eigenvalue weighted by Gasteiger charge is -2.02. The number of hydrogen-bond donors (Lipinski definition) is 3. The molecule has 6 heteroatoms. The Hall–Kier alpha value is -0.170. The number of nitrogens with one attached hydrogen (secondary N) is 2. The van der Waals surface area contributed by atoms with Gasteiger partial charge >= 0.3 is 0 Å². The second kappa shape index (κ2) is 5.48.